The molecule has 3 fully saturated rings. The summed E-state index contributed by atoms with van der Waals surface area (Å²) in [5.74, 6) is 2.29. The molecule has 0 aliphatic carbocycles. The second-order valence-corrected chi connectivity index (χ2v) is 10.7. The molecule has 0 bridgehead atoms. The van der Waals surface area contributed by atoms with Gasteiger partial charge >= 0.3 is 0 Å². The van der Waals surface area contributed by atoms with Crippen molar-refractivity contribution in [1.29, 1.82) is 0 Å². The fourth-order valence-corrected chi connectivity index (χ4v) is 6.29. The van der Waals surface area contributed by atoms with Gasteiger partial charge in [-0.3, -0.25) is 0 Å². The minimum atomic E-state index is -1.65. The maximum atomic E-state index is 10.7. The lowest BCUT2D eigenvalue weighted by Crippen LogP contribution is -2.60. The zero-order valence-electron chi connectivity index (χ0n) is 24.1. The summed E-state index contributed by atoms with van der Waals surface area (Å²) in [4.78, 5) is 0. The number of methoxy groups -OCH3 is 4. The van der Waals surface area contributed by atoms with Gasteiger partial charge in [0.15, 0.2) is 23.0 Å². The molecule has 0 saturated carbocycles. The number of aliphatic hydroxyl groups excluding tert-OH is 4. The van der Waals surface area contributed by atoms with Crippen LogP contribution in [0.3, 0.4) is 0 Å². The molecule has 9 atom stereocenters. The number of benzene rings is 2. The lowest BCUT2D eigenvalue weighted by Gasteiger charge is -2.40. The maximum absolute atomic E-state index is 10.7. The van der Waals surface area contributed by atoms with Gasteiger partial charge in [-0.05, 0) is 23.8 Å². The maximum Gasteiger partial charge on any atom is 0.231 e. The Balaban J connectivity index is 1.36. The molecule has 236 valence electrons. The molecule has 0 amide bonds. The Kier molecular flexibility index (Phi) is 8.35. The van der Waals surface area contributed by atoms with Gasteiger partial charge in [0.2, 0.25) is 30.3 Å². The van der Waals surface area contributed by atoms with E-state index in [0.717, 1.165) is 5.56 Å². The number of ether oxygens (including phenoxy) is 10. The molecule has 4 aliphatic heterocycles. The molecule has 0 unspecified atom stereocenters. The third-order valence-corrected chi connectivity index (χ3v) is 8.48. The molecule has 4 N–H and O–H groups in total. The summed E-state index contributed by atoms with van der Waals surface area (Å²) in [6.07, 6.45) is -8.39. The molecule has 2 aromatic rings. The highest BCUT2D eigenvalue weighted by atomic mass is 16.7. The Morgan fingerprint density at radius 3 is 2.12 bits per heavy atom. The van der Waals surface area contributed by atoms with Crippen LogP contribution in [0.15, 0.2) is 18.2 Å². The molecule has 0 spiro atoms. The monoisotopic (exact) mass is 608 g/mol. The number of hydrogen-bond acceptors (Lipinski definition) is 14. The average Bonchev–Trinajstić information content (AvgIpc) is 3.77. The molecule has 43 heavy (non-hydrogen) atoms. The zero-order valence-corrected chi connectivity index (χ0v) is 24.1. The van der Waals surface area contributed by atoms with Crippen LogP contribution in [-0.4, -0.2) is 106 Å². The standard InChI is InChI=1S/C29H36O14/c1-34-16-5-12(6-18-26(16)41-11-40-18)23-14-9-39-24(15(14)10-38-23)13-7-17(35-2)27(36-3)28(37-4)25(13)43-29-22(33)21(32)20(31)19(8-30)42-29/h5-7,14-15,19-24,29-33H,8-11H2,1-4H3/t14-,15-,19+,20+,21-,22+,23+,24-,29-/m0/s1. The number of aliphatic hydroxyl groups is 4. The average molecular weight is 609 g/mol. The van der Waals surface area contributed by atoms with Crippen LogP contribution in [0.5, 0.6) is 40.2 Å². The van der Waals surface area contributed by atoms with Crippen LogP contribution in [0.4, 0.5) is 0 Å². The van der Waals surface area contributed by atoms with E-state index in [-0.39, 0.29) is 42.0 Å². The third-order valence-electron chi connectivity index (χ3n) is 8.48. The van der Waals surface area contributed by atoms with Crippen LogP contribution >= 0.6 is 0 Å². The fourth-order valence-electron chi connectivity index (χ4n) is 6.29. The molecule has 14 nitrogen and oxygen atoms in total. The molecule has 3 saturated heterocycles. The van der Waals surface area contributed by atoms with Crippen molar-refractivity contribution in [3.63, 3.8) is 0 Å². The van der Waals surface area contributed by atoms with Crippen molar-refractivity contribution in [3.05, 3.63) is 29.3 Å². The first-order valence-corrected chi connectivity index (χ1v) is 13.9. The van der Waals surface area contributed by atoms with Gasteiger partial charge in [0.05, 0.1) is 60.5 Å². The van der Waals surface area contributed by atoms with E-state index in [4.69, 9.17) is 47.4 Å². The molecule has 0 radical (unpaired) electrons. The number of hydrogen-bond donors (Lipinski definition) is 4. The van der Waals surface area contributed by atoms with E-state index in [1.165, 1.54) is 21.3 Å². The smallest absolute Gasteiger partial charge is 0.231 e. The second kappa shape index (κ2) is 12.0. The van der Waals surface area contributed by atoms with Crippen molar-refractivity contribution < 1.29 is 67.8 Å². The van der Waals surface area contributed by atoms with E-state index in [0.29, 0.717) is 41.8 Å². The molecular weight excluding hydrogens is 572 g/mol. The Hall–Kier alpha value is -3.24. The minimum absolute atomic E-state index is 0.0609. The lowest BCUT2D eigenvalue weighted by molar-refractivity contribution is -0.277. The van der Waals surface area contributed by atoms with Crippen molar-refractivity contribution in [2.24, 2.45) is 11.8 Å². The van der Waals surface area contributed by atoms with E-state index in [1.807, 2.05) is 12.1 Å². The van der Waals surface area contributed by atoms with Gasteiger partial charge in [-0.2, -0.15) is 0 Å². The summed E-state index contributed by atoms with van der Waals surface area (Å²) in [6, 6.07) is 5.46. The molecule has 2 aromatic carbocycles. The predicted octanol–water partition coefficient (Wildman–Crippen LogP) is 0.704. The molecular formula is C29H36O14. The van der Waals surface area contributed by atoms with Crippen molar-refractivity contribution in [1.82, 2.24) is 0 Å². The highest BCUT2D eigenvalue weighted by Crippen LogP contribution is 2.57. The summed E-state index contributed by atoms with van der Waals surface area (Å²) in [5.41, 5.74) is 1.37. The first-order valence-electron chi connectivity index (χ1n) is 13.9. The molecule has 0 aromatic heterocycles. The molecule has 14 heteroatoms. The summed E-state index contributed by atoms with van der Waals surface area (Å²) in [7, 11) is 5.91. The normalized spacial score (nSPS) is 32.8. The summed E-state index contributed by atoms with van der Waals surface area (Å²) < 4.78 is 58.1. The second-order valence-electron chi connectivity index (χ2n) is 10.7. The topological polar surface area (TPSA) is 173 Å². The van der Waals surface area contributed by atoms with E-state index in [2.05, 4.69) is 0 Å². The zero-order chi connectivity index (χ0) is 30.4. The quantitative estimate of drug-likeness (QED) is 0.313. The van der Waals surface area contributed by atoms with Crippen LogP contribution < -0.4 is 33.2 Å². The van der Waals surface area contributed by atoms with Crippen molar-refractivity contribution in [3.8, 4) is 40.2 Å². The van der Waals surface area contributed by atoms with E-state index < -0.39 is 43.4 Å². The van der Waals surface area contributed by atoms with Crippen molar-refractivity contribution in [2.45, 2.75) is 42.9 Å². The van der Waals surface area contributed by atoms with Crippen LogP contribution in [-0.2, 0) is 14.2 Å². The first-order chi connectivity index (χ1) is 20.8. The SMILES string of the molecule is COc1cc([C@H]2OC[C@H]3[C@@H]2CO[C@H]3c2cc(OC)c(OC)c(OC)c2O[C@@H]2O[C@H](CO)[C@@H](O)[C@H](O)[C@H]2O)cc2c1OCO2. The van der Waals surface area contributed by atoms with Gasteiger partial charge in [-0.15, -0.1) is 0 Å². The minimum Gasteiger partial charge on any atom is -0.493 e. The van der Waals surface area contributed by atoms with Gasteiger partial charge in [0.25, 0.3) is 0 Å². The van der Waals surface area contributed by atoms with Crippen LogP contribution in [0, 0.1) is 11.8 Å². The van der Waals surface area contributed by atoms with E-state index >= 15 is 0 Å². The molecule has 4 aliphatic rings. The summed E-state index contributed by atoms with van der Waals surface area (Å²) in [6.45, 7) is 0.204. The lowest BCUT2D eigenvalue weighted by atomic mass is 9.84. The fraction of sp³-hybridized carbons (Fsp3) is 0.586. The largest absolute Gasteiger partial charge is 0.493 e. The van der Waals surface area contributed by atoms with Crippen LogP contribution in [0.25, 0.3) is 0 Å². The summed E-state index contributed by atoms with van der Waals surface area (Å²) >= 11 is 0. The van der Waals surface area contributed by atoms with Gasteiger partial charge in [-0.25, -0.2) is 0 Å². The van der Waals surface area contributed by atoms with E-state index in [1.54, 1.807) is 13.2 Å². The van der Waals surface area contributed by atoms with Gasteiger partial charge in [-0.1, -0.05) is 0 Å². The van der Waals surface area contributed by atoms with Gasteiger partial charge < -0.3 is 67.8 Å². The van der Waals surface area contributed by atoms with Crippen molar-refractivity contribution >= 4 is 0 Å². The number of fused-ring (bicyclic) bond motifs is 2. The number of rotatable bonds is 9. The van der Waals surface area contributed by atoms with Crippen LogP contribution in [0.2, 0.25) is 0 Å². The molecule has 6 rings (SSSR count). The van der Waals surface area contributed by atoms with Crippen LogP contribution in [0.1, 0.15) is 23.3 Å². The van der Waals surface area contributed by atoms with Crippen molar-refractivity contribution in [2.75, 3.05) is 55.1 Å². The highest BCUT2D eigenvalue weighted by Gasteiger charge is 2.51. The van der Waals surface area contributed by atoms with Gasteiger partial charge in [0.1, 0.15) is 24.4 Å². The summed E-state index contributed by atoms with van der Waals surface area (Å²) in [5, 5.41) is 41.1. The van der Waals surface area contributed by atoms with Gasteiger partial charge in [0, 0.05) is 17.4 Å². The third kappa shape index (κ3) is 4.96. The van der Waals surface area contributed by atoms with E-state index in [9.17, 15) is 20.4 Å². The Bertz CT molecular complexity index is 1320. The molecule has 4 heterocycles. The Labute approximate surface area is 247 Å². The Morgan fingerprint density at radius 2 is 1.44 bits per heavy atom. The first kappa shape index (κ1) is 29.8. The Morgan fingerprint density at radius 1 is 0.744 bits per heavy atom. The predicted molar refractivity (Wildman–Crippen MR) is 144 cm³/mol. The highest BCUT2D eigenvalue weighted by molar-refractivity contribution is 5.64.